The van der Waals surface area contributed by atoms with Gasteiger partial charge in [-0.15, -0.1) is 0 Å². The number of quaternary nitrogens is 1. The third-order valence-corrected chi connectivity index (χ3v) is 4.18. The van der Waals surface area contributed by atoms with E-state index in [4.69, 9.17) is 0 Å². The normalized spacial score (nSPS) is 10.7. The fourth-order valence-corrected chi connectivity index (χ4v) is 2.75. The van der Waals surface area contributed by atoms with Crippen LogP contribution in [0.5, 0.6) is 0 Å². The van der Waals surface area contributed by atoms with Gasteiger partial charge in [-0.25, -0.2) is 0 Å². The molecule has 0 aliphatic carbocycles. The lowest BCUT2D eigenvalue weighted by atomic mass is 10.1. The molecule has 0 radical (unpaired) electrons. The van der Waals surface area contributed by atoms with Gasteiger partial charge in [0.2, 0.25) is 0 Å². The molecule has 24 heavy (non-hydrogen) atoms. The van der Waals surface area contributed by atoms with Gasteiger partial charge in [0.1, 0.15) is 6.54 Å². The Balaban J connectivity index is 2.12. The van der Waals surface area contributed by atoms with Crippen molar-refractivity contribution in [2.75, 3.05) is 14.1 Å². The lowest BCUT2D eigenvalue weighted by Gasteiger charge is -2.13. The van der Waals surface area contributed by atoms with Gasteiger partial charge < -0.3 is 10.2 Å². The molecule has 0 heterocycles. The topological polar surface area (TPSA) is 76.7 Å². The van der Waals surface area contributed by atoms with Crippen LogP contribution in [0, 0.1) is 10.1 Å². The lowest BCUT2D eigenvalue weighted by molar-refractivity contribution is -0.872. The fourth-order valence-electron chi connectivity index (χ4n) is 2.35. The van der Waals surface area contributed by atoms with E-state index in [-0.39, 0.29) is 17.2 Å². The molecule has 1 amide bonds. The van der Waals surface area contributed by atoms with Crippen LogP contribution in [0.4, 0.5) is 5.69 Å². The minimum absolute atomic E-state index is 0.126. The van der Waals surface area contributed by atoms with Crippen LogP contribution in [-0.2, 0) is 13.1 Å². The van der Waals surface area contributed by atoms with Crippen LogP contribution in [0.3, 0.4) is 0 Å². The van der Waals surface area contributed by atoms with Crippen molar-refractivity contribution < 1.29 is 14.6 Å². The predicted octanol–water partition coefficient (Wildman–Crippen LogP) is 1.93. The second-order valence-electron chi connectivity index (χ2n) is 5.76. The van der Waals surface area contributed by atoms with Crippen molar-refractivity contribution in [3.05, 3.63) is 73.7 Å². The van der Waals surface area contributed by atoms with Crippen LogP contribution in [0.15, 0.2) is 46.9 Å². The Morgan fingerprint density at radius 1 is 1.21 bits per heavy atom. The first-order chi connectivity index (χ1) is 11.4. The maximum absolute atomic E-state index is 12.3. The largest absolute Gasteiger partial charge is 0.348 e. The molecular weight excluding hydrogens is 374 g/mol. The quantitative estimate of drug-likeness (QED) is 0.582. The average Bonchev–Trinajstić information content (AvgIpc) is 2.53. The van der Waals surface area contributed by atoms with E-state index in [2.05, 4.69) is 35.3 Å². The van der Waals surface area contributed by atoms with E-state index in [1.165, 1.54) is 22.6 Å². The third-order valence-electron chi connectivity index (χ3n) is 3.51. The molecule has 2 N–H and O–H groups in total. The van der Waals surface area contributed by atoms with E-state index in [0.29, 0.717) is 11.0 Å². The molecule has 6 nitrogen and oxygen atoms in total. The maximum atomic E-state index is 12.3. The number of nitrogens with zero attached hydrogens (tertiary/aromatic N) is 1. The SMILES string of the molecule is C[NH+](C)Cc1ccccc1CNC(=O)c1ccc(Br)c([N+](=O)[O-])c1. The number of halogens is 1. The van der Waals surface area contributed by atoms with E-state index >= 15 is 0 Å². The van der Waals surface area contributed by atoms with Crippen molar-refractivity contribution in [3.63, 3.8) is 0 Å². The number of nitro groups is 1. The summed E-state index contributed by atoms with van der Waals surface area (Å²) in [6, 6.07) is 12.3. The summed E-state index contributed by atoms with van der Waals surface area (Å²) in [6.07, 6.45) is 0. The molecule has 0 saturated carbocycles. The first-order valence-corrected chi connectivity index (χ1v) is 8.25. The number of nitro benzene ring substituents is 1. The molecular formula is C17H19BrN3O3+. The van der Waals surface area contributed by atoms with Crippen LogP contribution in [0.2, 0.25) is 0 Å². The molecule has 7 heteroatoms. The second-order valence-corrected chi connectivity index (χ2v) is 6.61. The van der Waals surface area contributed by atoms with E-state index in [1.54, 1.807) is 6.07 Å². The molecule has 0 spiro atoms. The Hall–Kier alpha value is -2.25. The van der Waals surface area contributed by atoms with E-state index in [0.717, 1.165) is 12.1 Å². The summed E-state index contributed by atoms with van der Waals surface area (Å²) in [5, 5.41) is 13.8. The molecule has 0 unspecified atom stereocenters. The number of hydrogen-bond acceptors (Lipinski definition) is 3. The van der Waals surface area contributed by atoms with Crippen molar-refractivity contribution in [1.29, 1.82) is 0 Å². The van der Waals surface area contributed by atoms with Crippen molar-refractivity contribution in [2.45, 2.75) is 13.1 Å². The molecule has 0 saturated heterocycles. The third kappa shape index (κ3) is 4.62. The first-order valence-electron chi connectivity index (χ1n) is 7.46. The standard InChI is InChI=1S/C17H18BrN3O3/c1-20(2)11-14-6-4-3-5-13(14)10-19-17(22)12-7-8-15(18)16(9-12)21(23)24/h3-9H,10-11H2,1-2H3,(H,19,22)/p+1. The van der Waals surface area contributed by atoms with Gasteiger partial charge in [-0.3, -0.25) is 14.9 Å². The zero-order valence-electron chi connectivity index (χ0n) is 13.5. The van der Waals surface area contributed by atoms with Gasteiger partial charge in [-0.05, 0) is 33.6 Å². The van der Waals surface area contributed by atoms with Gasteiger partial charge in [0, 0.05) is 23.7 Å². The van der Waals surface area contributed by atoms with Crippen molar-refractivity contribution in [2.24, 2.45) is 0 Å². The smallest absolute Gasteiger partial charge is 0.284 e. The molecule has 0 aromatic heterocycles. The highest BCUT2D eigenvalue weighted by Crippen LogP contribution is 2.25. The number of nitrogens with one attached hydrogen (secondary N) is 2. The molecule has 2 aromatic carbocycles. The maximum Gasteiger partial charge on any atom is 0.284 e. The Morgan fingerprint density at radius 2 is 1.88 bits per heavy atom. The van der Waals surface area contributed by atoms with Crippen LogP contribution >= 0.6 is 15.9 Å². The van der Waals surface area contributed by atoms with Crippen molar-refractivity contribution in [1.82, 2.24) is 5.32 Å². The first kappa shape index (κ1) is 18.1. The van der Waals surface area contributed by atoms with E-state index in [1.807, 2.05) is 24.3 Å². The number of rotatable bonds is 6. The molecule has 126 valence electrons. The van der Waals surface area contributed by atoms with E-state index in [9.17, 15) is 14.9 Å². The summed E-state index contributed by atoms with van der Waals surface area (Å²) in [6.45, 7) is 1.24. The number of hydrogen-bond donors (Lipinski definition) is 2. The minimum atomic E-state index is -0.518. The average molecular weight is 393 g/mol. The molecule has 0 aliphatic heterocycles. The van der Waals surface area contributed by atoms with Crippen LogP contribution in [-0.4, -0.2) is 24.9 Å². The Morgan fingerprint density at radius 3 is 2.50 bits per heavy atom. The lowest BCUT2D eigenvalue weighted by Crippen LogP contribution is -3.04. The number of amides is 1. The zero-order chi connectivity index (χ0) is 17.7. The highest BCUT2D eigenvalue weighted by molar-refractivity contribution is 9.10. The van der Waals surface area contributed by atoms with Crippen LogP contribution in [0.25, 0.3) is 0 Å². The fraction of sp³-hybridized carbons (Fsp3) is 0.235. The number of benzene rings is 2. The summed E-state index contributed by atoms with van der Waals surface area (Å²) >= 11 is 3.11. The van der Waals surface area contributed by atoms with Gasteiger partial charge in [-0.2, -0.15) is 0 Å². The second kappa shape index (κ2) is 8.03. The Labute approximate surface area is 148 Å². The van der Waals surface area contributed by atoms with Crippen LogP contribution < -0.4 is 10.2 Å². The van der Waals surface area contributed by atoms with Gasteiger partial charge in [0.25, 0.3) is 11.6 Å². The molecule has 0 fully saturated rings. The van der Waals surface area contributed by atoms with Gasteiger partial charge >= 0.3 is 0 Å². The summed E-state index contributed by atoms with van der Waals surface area (Å²) in [5.74, 6) is -0.336. The Kier molecular flexibility index (Phi) is 6.05. The highest BCUT2D eigenvalue weighted by atomic mass is 79.9. The minimum Gasteiger partial charge on any atom is -0.348 e. The number of carbonyl (C=O) groups excluding carboxylic acids is 1. The van der Waals surface area contributed by atoms with Gasteiger partial charge in [0.15, 0.2) is 0 Å². The van der Waals surface area contributed by atoms with Gasteiger partial charge in [-0.1, -0.05) is 24.3 Å². The molecule has 0 aliphatic rings. The zero-order valence-corrected chi connectivity index (χ0v) is 15.1. The van der Waals surface area contributed by atoms with Crippen molar-refractivity contribution in [3.8, 4) is 0 Å². The molecule has 0 bridgehead atoms. The highest BCUT2D eigenvalue weighted by Gasteiger charge is 2.16. The number of carbonyl (C=O) groups is 1. The molecule has 2 rings (SSSR count). The summed E-state index contributed by atoms with van der Waals surface area (Å²) < 4.78 is 0.350. The molecule has 0 atom stereocenters. The summed E-state index contributed by atoms with van der Waals surface area (Å²) in [4.78, 5) is 24.0. The molecule has 2 aromatic rings. The van der Waals surface area contributed by atoms with Gasteiger partial charge in [0.05, 0.1) is 23.5 Å². The monoisotopic (exact) mass is 392 g/mol. The Bertz CT molecular complexity index is 762. The predicted molar refractivity (Wildman–Crippen MR) is 94.9 cm³/mol. The van der Waals surface area contributed by atoms with Crippen molar-refractivity contribution >= 4 is 27.5 Å². The summed E-state index contributed by atoms with van der Waals surface area (Å²) in [7, 11) is 4.13. The summed E-state index contributed by atoms with van der Waals surface area (Å²) in [5.41, 5.74) is 2.35. The van der Waals surface area contributed by atoms with E-state index < -0.39 is 4.92 Å². The van der Waals surface area contributed by atoms with Crippen LogP contribution in [0.1, 0.15) is 21.5 Å².